The van der Waals surface area contributed by atoms with Crippen molar-refractivity contribution in [2.75, 3.05) is 6.61 Å². The smallest absolute Gasteiger partial charge is 0.309 e. The van der Waals surface area contributed by atoms with E-state index in [1.807, 2.05) is 0 Å². The van der Waals surface area contributed by atoms with Crippen molar-refractivity contribution in [3.63, 3.8) is 0 Å². The lowest BCUT2D eigenvalue weighted by Gasteiger charge is -2.43. The number of rotatable bonds is 0. The van der Waals surface area contributed by atoms with Gasteiger partial charge in [-0.1, -0.05) is 6.92 Å². The highest BCUT2D eigenvalue weighted by molar-refractivity contribution is 7.81. The van der Waals surface area contributed by atoms with Gasteiger partial charge in [0.05, 0.1) is 12.5 Å². The molecule has 10 unspecified atom stereocenters. The molecule has 1 saturated heterocycles. The molecule has 5 rings (SSSR count). The Balaban J connectivity index is 1.57. The SMILES string of the molecule is CC1C(S)C2CC1C1C3CC(C4COC(=O)C43)C21. The van der Waals surface area contributed by atoms with Gasteiger partial charge in [-0.15, -0.1) is 0 Å². The second kappa shape index (κ2) is 3.11. The van der Waals surface area contributed by atoms with E-state index in [4.69, 9.17) is 17.4 Å². The molecule has 0 N–H and O–H groups in total. The van der Waals surface area contributed by atoms with Gasteiger partial charge in [-0.25, -0.2) is 0 Å². The monoisotopic (exact) mass is 264 g/mol. The molecule has 10 atom stereocenters. The van der Waals surface area contributed by atoms with Crippen LogP contribution in [0.2, 0.25) is 0 Å². The fourth-order valence-corrected chi connectivity index (χ4v) is 7.43. The van der Waals surface area contributed by atoms with E-state index in [9.17, 15) is 4.79 Å². The number of carbonyl (C=O) groups excluding carboxylic acids is 1. The van der Waals surface area contributed by atoms with Crippen LogP contribution in [0.3, 0.4) is 0 Å². The minimum atomic E-state index is 0.129. The molecule has 18 heavy (non-hydrogen) atoms. The van der Waals surface area contributed by atoms with Crippen LogP contribution in [-0.4, -0.2) is 17.8 Å². The average molecular weight is 264 g/mol. The molecule has 0 spiro atoms. The van der Waals surface area contributed by atoms with Gasteiger partial charge in [0, 0.05) is 11.2 Å². The topological polar surface area (TPSA) is 26.3 Å². The van der Waals surface area contributed by atoms with E-state index in [-0.39, 0.29) is 11.9 Å². The summed E-state index contributed by atoms with van der Waals surface area (Å²) < 4.78 is 5.35. The maximum atomic E-state index is 11.9. The van der Waals surface area contributed by atoms with Gasteiger partial charge in [-0.2, -0.15) is 12.6 Å². The normalized spacial score (nSPS) is 67.3. The number of ether oxygens (including phenoxy) is 1. The van der Waals surface area contributed by atoms with E-state index < -0.39 is 0 Å². The summed E-state index contributed by atoms with van der Waals surface area (Å²) in [4.78, 5) is 11.9. The van der Waals surface area contributed by atoms with Gasteiger partial charge in [0.2, 0.25) is 0 Å². The number of fused-ring (bicyclic) bond motifs is 12. The Bertz CT molecular complexity index is 436. The minimum absolute atomic E-state index is 0.129. The Kier molecular flexibility index (Phi) is 1.83. The molecule has 0 aromatic rings. The molecule has 0 amide bonds. The molecule has 5 aliphatic rings. The standard InChI is InChI=1S/C15H20O2S/c1-5-6-2-9(14(5)18)12-7-3-8(11(6)12)13-10(7)4-17-15(13)16/h5-14,18H,2-4H2,1H3. The van der Waals surface area contributed by atoms with E-state index in [1.54, 1.807) is 0 Å². The van der Waals surface area contributed by atoms with Crippen LogP contribution in [0.15, 0.2) is 0 Å². The maximum absolute atomic E-state index is 11.9. The molecule has 4 saturated carbocycles. The van der Waals surface area contributed by atoms with Gasteiger partial charge < -0.3 is 4.74 Å². The first-order valence-electron chi connectivity index (χ1n) is 7.53. The zero-order valence-electron chi connectivity index (χ0n) is 10.7. The zero-order chi connectivity index (χ0) is 12.2. The molecule has 1 aliphatic heterocycles. The lowest BCUT2D eigenvalue weighted by atomic mass is 9.62. The summed E-state index contributed by atoms with van der Waals surface area (Å²) in [7, 11) is 0. The van der Waals surface area contributed by atoms with Crippen LogP contribution in [0.25, 0.3) is 0 Å². The van der Waals surface area contributed by atoms with Crippen molar-refractivity contribution in [2.45, 2.75) is 25.0 Å². The second-order valence-electron chi connectivity index (χ2n) is 7.45. The van der Waals surface area contributed by atoms with Crippen LogP contribution in [-0.2, 0) is 9.53 Å². The number of carbonyl (C=O) groups is 1. The number of cyclic esters (lactones) is 1. The first-order chi connectivity index (χ1) is 8.68. The molecule has 2 nitrogen and oxygen atoms in total. The van der Waals surface area contributed by atoms with Crippen LogP contribution >= 0.6 is 12.6 Å². The molecule has 1 heterocycles. The summed E-state index contributed by atoms with van der Waals surface area (Å²) in [5.41, 5.74) is 0. The third-order valence-electron chi connectivity index (χ3n) is 7.33. The predicted octanol–water partition coefficient (Wildman–Crippen LogP) is 2.24. The molecular formula is C15H20O2S. The van der Waals surface area contributed by atoms with Crippen LogP contribution in [0, 0.1) is 53.3 Å². The number of esters is 1. The highest BCUT2D eigenvalue weighted by Gasteiger charge is 2.71. The molecule has 0 aromatic carbocycles. The van der Waals surface area contributed by atoms with Gasteiger partial charge in [-0.05, 0) is 54.3 Å². The van der Waals surface area contributed by atoms with E-state index in [2.05, 4.69) is 6.92 Å². The van der Waals surface area contributed by atoms with Crippen molar-refractivity contribution in [3.8, 4) is 0 Å². The minimum Gasteiger partial charge on any atom is -0.465 e. The summed E-state index contributed by atoms with van der Waals surface area (Å²) in [6.45, 7) is 3.10. The number of hydrogen-bond acceptors (Lipinski definition) is 3. The Hall–Kier alpha value is -0.180. The van der Waals surface area contributed by atoms with Crippen LogP contribution < -0.4 is 0 Å². The molecule has 4 aliphatic carbocycles. The third kappa shape index (κ3) is 0.939. The van der Waals surface area contributed by atoms with Crippen molar-refractivity contribution in [1.82, 2.24) is 0 Å². The highest BCUT2D eigenvalue weighted by Crippen LogP contribution is 2.72. The van der Waals surface area contributed by atoms with Crippen molar-refractivity contribution in [3.05, 3.63) is 0 Å². The highest BCUT2D eigenvalue weighted by atomic mass is 32.1. The molecule has 3 heteroatoms. The Morgan fingerprint density at radius 3 is 2.61 bits per heavy atom. The Morgan fingerprint density at radius 2 is 1.78 bits per heavy atom. The Labute approximate surface area is 113 Å². The molecule has 98 valence electrons. The van der Waals surface area contributed by atoms with Crippen LogP contribution in [0.4, 0.5) is 0 Å². The number of hydrogen-bond donors (Lipinski definition) is 1. The van der Waals surface area contributed by atoms with Crippen LogP contribution in [0.1, 0.15) is 19.8 Å². The van der Waals surface area contributed by atoms with E-state index in [0.717, 1.165) is 42.1 Å². The fourth-order valence-electron chi connectivity index (χ4n) is 6.89. The first kappa shape index (κ1) is 10.6. The van der Waals surface area contributed by atoms with Crippen molar-refractivity contribution in [1.29, 1.82) is 0 Å². The molecule has 4 bridgehead atoms. The Morgan fingerprint density at radius 1 is 1.06 bits per heavy atom. The summed E-state index contributed by atoms with van der Waals surface area (Å²) in [5.74, 6) is 6.60. The summed E-state index contributed by atoms with van der Waals surface area (Å²) in [6.07, 6.45) is 2.71. The van der Waals surface area contributed by atoms with Crippen molar-refractivity contribution in [2.24, 2.45) is 53.3 Å². The molecular weight excluding hydrogens is 244 g/mol. The van der Waals surface area contributed by atoms with Gasteiger partial charge >= 0.3 is 5.97 Å². The summed E-state index contributed by atoms with van der Waals surface area (Å²) in [5, 5.41) is 0.618. The molecule has 5 fully saturated rings. The van der Waals surface area contributed by atoms with E-state index in [0.29, 0.717) is 17.1 Å². The van der Waals surface area contributed by atoms with Gasteiger partial charge in [0.15, 0.2) is 0 Å². The molecule has 0 radical (unpaired) electrons. The van der Waals surface area contributed by atoms with Crippen LogP contribution in [0.5, 0.6) is 0 Å². The van der Waals surface area contributed by atoms with E-state index in [1.165, 1.54) is 12.8 Å². The second-order valence-corrected chi connectivity index (χ2v) is 8.05. The average Bonchev–Trinajstić information content (AvgIpc) is 3.06. The first-order valence-corrected chi connectivity index (χ1v) is 8.05. The van der Waals surface area contributed by atoms with E-state index >= 15 is 0 Å². The molecule has 0 aromatic heterocycles. The quantitative estimate of drug-likeness (QED) is 0.412. The van der Waals surface area contributed by atoms with Gasteiger partial charge in [-0.3, -0.25) is 4.79 Å². The maximum Gasteiger partial charge on any atom is 0.309 e. The number of thiol groups is 1. The summed E-state index contributed by atoms with van der Waals surface area (Å²) in [6, 6.07) is 0. The lowest BCUT2D eigenvalue weighted by molar-refractivity contribution is -0.143. The lowest BCUT2D eigenvalue weighted by Crippen LogP contribution is -2.43. The largest absolute Gasteiger partial charge is 0.465 e. The zero-order valence-corrected chi connectivity index (χ0v) is 11.6. The van der Waals surface area contributed by atoms with Gasteiger partial charge in [0.1, 0.15) is 0 Å². The third-order valence-corrected chi connectivity index (χ3v) is 8.18. The fraction of sp³-hybridized carbons (Fsp3) is 0.933. The summed E-state index contributed by atoms with van der Waals surface area (Å²) >= 11 is 4.89. The van der Waals surface area contributed by atoms with Crippen molar-refractivity contribution >= 4 is 18.6 Å². The van der Waals surface area contributed by atoms with Crippen molar-refractivity contribution < 1.29 is 9.53 Å². The van der Waals surface area contributed by atoms with Gasteiger partial charge in [0.25, 0.3) is 0 Å². The predicted molar refractivity (Wildman–Crippen MR) is 70.1 cm³/mol.